The van der Waals surface area contributed by atoms with Crippen LogP contribution in [-0.2, 0) is 16.1 Å². The molecule has 0 bridgehead atoms. The summed E-state index contributed by atoms with van der Waals surface area (Å²) in [4.78, 5) is 30.1. The first-order chi connectivity index (χ1) is 9.85. The third kappa shape index (κ3) is 3.20. The minimum atomic E-state index is -0.942. The third-order valence-corrected chi connectivity index (χ3v) is 3.59. The molecule has 2 amide bonds. The summed E-state index contributed by atoms with van der Waals surface area (Å²) in [6.45, 7) is 5.49. The summed E-state index contributed by atoms with van der Waals surface area (Å²) < 4.78 is 13.2. The van der Waals surface area contributed by atoms with Crippen LogP contribution in [0.3, 0.4) is 0 Å². The fourth-order valence-corrected chi connectivity index (χ4v) is 2.57. The van der Waals surface area contributed by atoms with Crippen LogP contribution in [0.5, 0.6) is 0 Å². The SMILES string of the molecule is CCCC1C(=O)NC(C)(C)C(=O)N1Cc1cncc(F)c1. The van der Waals surface area contributed by atoms with Gasteiger partial charge in [0.2, 0.25) is 11.8 Å². The van der Waals surface area contributed by atoms with E-state index in [1.165, 1.54) is 17.2 Å². The summed E-state index contributed by atoms with van der Waals surface area (Å²) in [5.41, 5.74) is -0.364. The van der Waals surface area contributed by atoms with Crippen LogP contribution >= 0.6 is 0 Å². The lowest BCUT2D eigenvalue weighted by atomic mass is 9.94. The number of rotatable bonds is 4. The molecule has 1 saturated heterocycles. The van der Waals surface area contributed by atoms with E-state index in [1.54, 1.807) is 13.8 Å². The smallest absolute Gasteiger partial charge is 0.248 e. The molecule has 0 aliphatic carbocycles. The van der Waals surface area contributed by atoms with Gasteiger partial charge in [-0.3, -0.25) is 14.6 Å². The van der Waals surface area contributed by atoms with Crippen LogP contribution in [0.2, 0.25) is 0 Å². The number of aromatic nitrogens is 1. The number of piperazine rings is 1. The van der Waals surface area contributed by atoms with Crippen LogP contribution in [0.1, 0.15) is 39.2 Å². The lowest BCUT2D eigenvalue weighted by molar-refractivity contribution is -0.154. The van der Waals surface area contributed by atoms with Gasteiger partial charge < -0.3 is 10.2 Å². The number of carbonyl (C=O) groups is 2. The number of pyridine rings is 1. The van der Waals surface area contributed by atoms with Crippen LogP contribution in [0.15, 0.2) is 18.5 Å². The predicted molar refractivity (Wildman–Crippen MR) is 75.7 cm³/mol. The molecular weight excluding hydrogens is 273 g/mol. The zero-order chi connectivity index (χ0) is 15.6. The van der Waals surface area contributed by atoms with Gasteiger partial charge in [0, 0.05) is 12.7 Å². The Morgan fingerprint density at radius 2 is 2.10 bits per heavy atom. The standard InChI is InChI=1S/C15H20FN3O2/c1-4-5-12-13(20)18-15(2,3)14(21)19(12)9-10-6-11(16)8-17-7-10/h6-8,12H,4-5,9H2,1-3H3,(H,18,20). The number of halogens is 1. The Hall–Kier alpha value is -1.98. The molecule has 1 unspecified atom stereocenters. The summed E-state index contributed by atoms with van der Waals surface area (Å²) in [5, 5.41) is 2.75. The van der Waals surface area contributed by atoms with E-state index >= 15 is 0 Å². The first-order valence-electron chi connectivity index (χ1n) is 7.07. The van der Waals surface area contributed by atoms with Crippen LogP contribution < -0.4 is 5.32 Å². The summed E-state index contributed by atoms with van der Waals surface area (Å²) in [6.07, 6.45) is 3.99. The van der Waals surface area contributed by atoms with E-state index in [0.29, 0.717) is 12.0 Å². The molecule has 0 aromatic carbocycles. The predicted octanol–water partition coefficient (Wildman–Crippen LogP) is 1.63. The van der Waals surface area contributed by atoms with E-state index in [2.05, 4.69) is 10.3 Å². The molecule has 2 heterocycles. The van der Waals surface area contributed by atoms with Crippen molar-refractivity contribution in [2.24, 2.45) is 0 Å². The van der Waals surface area contributed by atoms with Gasteiger partial charge in [-0.05, 0) is 31.9 Å². The molecule has 21 heavy (non-hydrogen) atoms. The van der Waals surface area contributed by atoms with E-state index in [4.69, 9.17) is 0 Å². The Morgan fingerprint density at radius 3 is 2.71 bits per heavy atom. The topological polar surface area (TPSA) is 62.3 Å². The number of amides is 2. The van der Waals surface area contributed by atoms with Crippen molar-refractivity contribution >= 4 is 11.8 Å². The Bertz CT molecular complexity index is 560. The molecule has 5 nitrogen and oxygen atoms in total. The molecule has 1 N–H and O–H groups in total. The Labute approximate surface area is 123 Å². The molecule has 114 valence electrons. The largest absolute Gasteiger partial charge is 0.340 e. The van der Waals surface area contributed by atoms with E-state index in [-0.39, 0.29) is 18.4 Å². The molecule has 1 aliphatic heterocycles. The highest BCUT2D eigenvalue weighted by molar-refractivity contribution is 5.99. The maximum absolute atomic E-state index is 13.2. The molecule has 1 aromatic rings. The van der Waals surface area contributed by atoms with Crippen molar-refractivity contribution in [2.45, 2.75) is 51.7 Å². The lowest BCUT2D eigenvalue weighted by Gasteiger charge is -2.42. The lowest BCUT2D eigenvalue weighted by Crippen LogP contribution is -2.67. The van der Waals surface area contributed by atoms with Crippen LogP contribution in [0, 0.1) is 5.82 Å². The molecule has 1 aromatic heterocycles. The average Bonchev–Trinajstić information content (AvgIpc) is 2.40. The van der Waals surface area contributed by atoms with Gasteiger partial charge in [0.25, 0.3) is 0 Å². The van der Waals surface area contributed by atoms with Gasteiger partial charge >= 0.3 is 0 Å². The second-order valence-electron chi connectivity index (χ2n) is 5.86. The van der Waals surface area contributed by atoms with Gasteiger partial charge in [-0.1, -0.05) is 13.3 Å². The zero-order valence-electron chi connectivity index (χ0n) is 12.5. The molecule has 1 aliphatic rings. The maximum Gasteiger partial charge on any atom is 0.248 e. The van der Waals surface area contributed by atoms with Gasteiger partial charge in [0.1, 0.15) is 17.4 Å². The molecule has 2 rings (SSSR count). The van der Waals surface area contributed by atoms with Gasteiger partial charge in [0.15, 0.2) is 0 Å². The summed E-state index contributed by atoms with van der Waals surface area (Å²) >= 11 is 0. The van der Waals surface area contributed by atoms with Gasteiger partial charge in [-0.15, -0.1) is 0 Å². The molecule has 0 radical (unpaired) electrons. The van der Waals surface area contributed by atoms with Gasteiger partial charge in [0.05, 0.1) is 6.20 Å². The molecular formula is C15H20FN3O2. The molecule has 0 saturated carbocycles. The average molecular weight is 293 g/mol. The fourth-order valence-electron chi connectivity index (χ4n) is 2.57. The summed E-state index contributed by atoms with van der Waals surface area (Å²) in [7, 11) is 0. The van der Waals surface area contributed by atoms with Crippen molar-refractivity contribution in [3.8, 4) is 0 Å². The van der Waals surface area contributed by atoms with E-state index in [1.807, 2.05) is 6.92 Å². The first-order valence-corrected chi connectivity index (χ1v) is 7.07. The van der Waals surface area contributed by atoms with Crippen molar-refractivity contribution in [1.82, 2.24) is 15.2 Å². The second-order valence-corrected chi connectivity index (χ2v) is 5.86. The Kier molecular flexibility index (Phi) is 4.25. The molecule has 6 heteroatoms. The molecule has 0 spiro atoms. The first kappa shape index (κ1) is 15.4. The van der Waals surface area contributed by atoms with Crippen LogP contribution in [0.25, 0.3) is 0 Å². The summed E-state index contributed by atoms with van der Waals surface area (Å²) in [5.74, 6) is -0.775. The number of carbonyl (C=O) groups excluding carboxylic acids is 2. The van der Waals surface area contributed by atoms with E-state index < -0.39 is 17.4 Å². The highest BCUT2D eigenvalue weighted by atomic mass is 19.1. The van der Waals surface area contributed by atoms with E-state index in [0.717, 1.165) is 12.6 Å². The van der Waals surface area contributed by atoms with Crippen LogP contribution in [0.4, 0.5) is 4.39 Å². The van der Waals surface area contributed by atoms with Crippen molar-refractivity contribution in [1.29, 1.82) is 0 Å². The van der Waals surface area contributed by atoms with Gasteiger partial charge in [-0.25, -0.2) is 4.39 Å². The van der Waals surface area contributed by atoms with Crippen LogP contribution in [-0.4, -0.2) is 33.3 Å². The van der Waals surface area contributed by atoms with Crippen molar-refractivity contribution < 1.29 is 14.0 Å². The Morgan fingerprint density at radius 1 is 1.38 bits per heavy atom. The van der Waals surface area contributed by atoms with Crippen molar-refractivity contribution in [2.75, 3.05) is 0 Å². The second kappa shape index (κ2) is 5.79. The fraction of sp³-hybridized carbons (Fsp3) is 0.533. The maximum atomic E-state index is 13.2. The number of hydrogen-bond acceptors (Lipinski definition) is 3. The number of nitrogens with one attached hydrogen (secondary N) is 1. The summed E-state index contributed by atoms with van der Waals surface area (Å²) in [6, 6.07) is 0.821. The monoisotopic (exact) mass is 293 g/mol. The van der Waals surface area contributed by atoms with E-state index in [9.17, 15) is 14.0 Å². The third-order valence-electron chi connectivity index (χ3n) is 3.59. The minimum Gasteiger partial charge on any atom is -0.340 e. The van der Waals surface area contributed by atoms with Crippen molar-refractivity contribution in [3.05, 3.63) is 29.8 Å². The number of nitrogens with zero attached hydrogens (tertiary/aromatic N) is 2. The quantitative estimate of drug-likeness (QED) is 0.917. The molecule has 1 atom stereocenters. The Balaban J connectivity index is 2.30. The molecule has 1 fully saturated rings. The zero-order valence-corrected chi connectivity index (χ0v) is 12.5. The highest BCUT2D eigenvalue weighted by Crippen LogP contribution is 2.23. The highest BCUT2D eigenvalue weighted by Gasteiger charge is 2.44. The van der Waals surface area contributed by atoms with Crippen molar-refractivity contribution in [3.63, 3.8) is 0 Å². The normalized spacial score (nSPS) is 21.3. The number of hydrogen-bond donors (Lipinski definition) is 1. The minimum absolute atomic E-state index is 0.161. The van der Waals surface area contributed by atoms with Gasteiger partial charge in [-0.2, -0.15) is 0 Å².